The molecule has 1 saturated heterocycles. The van der Waals surface area contributed by atoms with Crippen molar-refractivity contribution in [3.8, 4) is 0 Å². The number of ether oxygens (including phenoxy) is 1. The number of alkyl halides is 1. The van der Waals surface area contributed by atoms with Crippen molar-refractivity contribution in [3.63, 3.8) is 0 Å². The lowest BCUT2D eigenvalue weighted by Gasteiger charge is -2.14. The van der Waals surface area contributed by atoms with Crippen LogP contribution in [0, 0.1) is 0 Å². The van der Waals surface area contributed by atoms with Crippen molar-refractivity contribution in [3.05, 3.63) is 32.6 Å². The van der Waals surface area contributed by atoms with Crippen LogP contribution in [0.1, 0.15) is 18.2 Å². The number of rotatable bonds is 3. The van der Waals surface area contributed by atoms with Crippen molar-refractivity contribution in [1.82, 2.24) is 9.55 Å². The quantitative estimate of drug-likeness (QED) is 0.623. The zero-order chi connectivity index (χ0) is 13.3. The summed E-state index contributed by atoms with van der Waals surface area (Å²) in [5.41, 5.74) is -1.44. The van der Waals surface area contributed by atoms with E-state index in [1.54, 1.807) is 0 Å². The van der Waals surface area contributed by atoms with E-state index in [2.05, 4.69) is 0 Å². The molecular weight excluding hydrogens is 247 g/mol. The molecule has 2 rings (SSSR count). The van der Waals surface area contributed by atoms with Gasteiger partial charge in [0, 0.05) is 12.6 Å². The second-order valence-corrected chi connectivity index (χ2v) is 4.04. The number of aromatic nitrogens is 2. The van der Waals surface area contributed by atoms with Crippen LogP contribution < -0.4 is 11.2 Å². The third-order valence-electron chi connectivity index (χ3n) is 2.86. The van der Waals surface area contributed by atoms with E-state index in [-0.39, 0.29) is 12.0 Å². The topological polar surface area (TPSA) is 105 Å². The van der Waals surface area contributed by atoms with Crippen LogP contribution >= 0.6 is 0 Å². The Bertz CT molecular complexity index is 540. The van der Waals surface area contributed by atoms with E-state index < -0.39 is 43.0 Å². The first-order valence-electron chi connectivity index (χ1n) is 5.42. The molecule has 0 radical (unpaired) electrons. The molecule has 0 bridgehead atoms. The van der Waals surface area contributed by atoms with E-state index in [1.807, 2.05) is 4.98 Å². The molecule has 7 nitrogen and oxygen atoms in total. The maximum absolute atomic E-state index is 13.4. The van der Waals surface area contributed by atoms with E-state index in [1.165, 1.54) is 0 Å². The van der Waals surface area contributed by atoms with Gasteiger partial charge in [-0.1, -0.05) is 0 Å². The summed E-state index contributed by atoms with van der Waals surface area (Å²) in [6.07, 6.45) is -2.21. The predicted octanol–water partition coefficient (Wildman–Crippen LogP) is -1.35. The minimum Gasteiger partial charge on any atom is -0.394 e. The van der Waals surface area contributed by atoms with Gasteiger partial charge in [0.1, 0.15) is 18.5 Å². The zero-order valence-electron chi connectivity index (χ0n) is 9.38. The Kier molecular flexibility index (Phi) is 3.60. The van der Waals surface area contributed by atoms with Crippen LogP contribution in [0.4, 0.5) is 4.39 Å². The molecule has 0 aliphatic carbocycles. The van der Waals surface area contributed by atoms with Crippen LogP contribution in [0.3, 0.4) is 0 Å². The molecule has 100 valence electrons. The second-order valence-electron chi connectivity index (χ2n) is 4.04. The van der Waals surface area contributed by atoms with Crippen LogP contribution in [0.15, 0.2) is 15.8 Å². The molecule has 1 fully saturated rings. The van der Waals surface area contributed by atoms with E-state index >= 15 is 0 Å². The van der Waals surface area contributed by atoms with Gasteiger partial charge in [-0.15, -0.1) is 0 Å². The first-order valence-corrected chi connectivity index (χ1v) is 5.42. The maximum Gasteiger partial charge on any atom is 0.330 e. The largest absolute Gasteiger partial charge is 0.394 e. The van der Waals surface area contributed by atoms with Crippen molar-refractivity contribution in [2.75, 3.05) is 6.61 Å². The van der Waals surface area contributed by atoms with Crippen LogP contribution in [-0.4, -0.2) is 38.6 Å². The summed E-state index contributed by atoms with van der Waals surface area (Å²) in [6.45, 7) is -1.02. The first-order chi connectivity index (χ1) is 8.56. The van der Waals surface area contributed by atoms with E-state index in [9.17, 15) is 14.0 Å². The lowest BCUT2D eigenvalue weighted by molar-refractivity contribution is -0.0357. The molecule has 0 saturated carbocycles. The summed E-state index contributed by atoms with van der Waals surface area (Å²) >= 11 is 0. The third-order valence-corrected chi connectivity index (χ3v) is 2.86. The fourth-order valence-corrected chi connectivity index (χ4v) is 1.88. The highest BCUT2D eigenvalue weighted by atomic mass is 19.1. The standard InChI is InChI=1S/C10H13FN2O5/c11-6-1-8(18-7(6)4-15)13-2-5(3-14)9(16)12-10(13)17/h2,6-8,14-15H,1,3-4H2,(H,12,16,17)/t6?,7-,8-/m1/s1. The summed E-state index contributed by atoms with van der Waals surface area (Å²) < 4.78 is 19.6. The van der Waals surface area contributed by atoms with Crippen LogP contribution in [0.2, 0.25) is 0 Å². The summed E-state index contributed by atoms with van der Waals surface area (Å²) in [5, 5.41) is 17.8. The predicted molar refractivity (Wildman–Crippen MR) is 57.8 cm³/mol. The summed E-state index contributed by atoms with van der Waals surface area (Å²) in [5.74, 6) is 0. The lowest BCUT2D eigenvalue weighted by Crippen LogP contribution is -2.34. The smallest absolute Gasteiger partial charge is 0.330 e. The molecule has 0 amide bonds. The Morgan fingerprint density at radius 3 is 2.78 bits per heavy atom. The van der Waals surface area contributed by atoms with E-state index in [0.717, 1.165) is 10.8 Å². The average Bonchev–Trinajstić information content (AvgIpc) is 2.70. The number of halogens is 1. The van der Waals surface area contributed by atoms with Gasteiger partial charge in [0.25, 0.3) is 5.56 Å². The Morgan fingerprint density at radius 2 is 2.22 bits per heavy atom. The van der Waals surface area contributed by atoms with Crippen molar-refractivity contribution >= 4 is 0 Å². The molecule has 18 heavy (non-hydrogen) atoms. The number of nitrogens with one attached hydrogen (secondary N) is 1. The number of hydrogen-bond acceptors (Lipinski definition) is 5. The highest BCUT2D eigenvalue weighted by molar-refractivity contribution is 5.03. The summed E-state index contributed by atoms with van der Waals surface area (Å²) in [6, 6.07) is 0. The van der Waals surface area contributed by atoms with Gasteiger partial charge in [0.15, 0.2) is 0 Å². The van der Waals surface area contributed by atoms with Gasteiger partial charge in [-0.3, -0.25) is 14.3 Å². The molecule has 1 aromatic rings. The third kappa shape index (κ3) is 2.22. The number of nitrogens with zero attached hydrogens (tertiary/aromatic N) is 1. The monoisotopic (exact) mass is 260 g/mol. The van der Waals surface area contributed by atoms with Gasteiger partial charge < -0.3 is 14.9 Å². The minimum absolute atomic E-state index is 0.0129. The molecule has 1 aromatic heterocycles. The Labute approximate surface area is 100 Å². The number of aliphatic hydroxyl groups excluding tert-OH is 2. The molecular formula is C10H13FN2O5. The molecule has 0 aromatic carbocycles. The molecule has 1 aliphatic rings. The maximum atomic E-state index is 13.4. The van der Waals surface area contributed by atoms with Gasteiger partial charge in [-0.2, -0.15) is 0 Å². The highest BCUT2D eigenvalue weighted by Crippen LogP contribution is 2.29. The average molecular weight is 260 g/mol. The van der Waals surface area contributed by atoms with Gasteiger partial charge in [0.2, 0.25) is 0 Å². The van der Waals surface area contributed by atoms with E-state index in [0.29, 0.717) is 0 Å². The van der Waals surface area contributed by atoms with Gasteiger partial charge in [0.05, 0.1) is 18.8 Å². The molecule has 2 heterocycles. The molecule has 1 unspecified atom stereocenters. The zero-order valence-corrected chi connectivity index (χ0v) is 9.38. The van der Waals surface area contributed by atoms with Crippen molar-refractivity contribution in [2.24, 2.45) is 0 Å². The van der Waals surface area contributed by atoms with Crippen LogP contribution in [-0.2, 0) is 11.3 Å². The lowest BCUT2D eigenvalue weighted by atomic mass is 10.2. The Morgan fingerprint density at radius 1 is 1.50 bits per heavy atom. The summed E-state index contributed by atoms with van der Waals surface area (Å²) in [7, 11) is 0. The van der Waals surface area contributed by atoms with Crippen LogP contribution in [0.25, 0.3) is 0 Å². The SMILES string of the molecule is O=c1[nH]c(=O)n([C@H]2CC(F)[C@@H](CO)O2)cc1CO. The van der Waals surface area contributed by atoms with Gasteiger partial charge in [-0.25, -0.2) is 9.18 Å². The van der Waals surface area contributed by atoms with Crippen molar-refractivity contribution in [1.29, 1.82) is 0 Å². The molecule has 1 aliphatic heterocycles. The first kappa shape index (κ1) is 12.9. The highest BCUT2D eigenvalue weighted by Gasteiger charge is 2.36. The van der Waals surface area contributed by atoms with Gasteiger partial charge in [-0.05, 0) is 0 Å². The molecule has 8 heteroatoms. The normalized spacial score (nSPS) is 27.6. The van der Waals surface area contributed by atoms with Gasteiger partial charge >= 0.3 is 5.69 Å². The van der Waals surface area contributed by atoms with Crippen molar-refractivity contribution < 1.29 is 19.3 Å². The van der Waals surface area contributed by atoms with Crippen molar-refractivity contribution in [2.45, 2.75) is 31.5 Å². The fourth-order valence-electron chi connectivity index (χ4n) is 1.88. The minimum atomic E-state index is -1.38. The van der Waals surface area contributed by atoms with E-state index in [4.69, 9.17) is 14.9 Å². The molecule has 3 atom stereocenters. The number of aromatic amines is 1. The summed E-state index contributed by atoms with van der Waals surface area (Å²) in [4.78, 5) is 24.8. The molecule has 3 N–H and O–H groups in total. The number of hydrogen-bond donors (Lipinski definition) is 3. The second kappa shape index (κ2) is 5.01. The molecule has 0 spiro atoms. The number of aliphatic hydroxyl groups is 2. The Balaban J connectivity index is 2.35. The fraction of sp³-hybridized carbons (Fsp3) is 0.600. The van der Waals surface area contributed by atoms with Crippen LogP contribution in [0.5, 0.6) is 0 Å². The Hall–Kier alpha value is -1.51. The number of H-pyrrole nitrogens is 1.